The van der Waals surface area contributed by atoms with E-state index in [4.69, 9.17) is 8.83 Å². The average Bonchev–Trinajstić information content (AvgIpc) is 3.89. The van der Waals surface area contributed by atoms with Gasteiger partial charge < -0.3 is 18.6 Å². The van der Waals surface area contributed by atoms with Crippen molar-refractivity contribution in [3.63, 3.8) is 0 Å². The quantitative estimate of drug-likeness (QED) is 0.150. The van der Waals surface area contributed by atoms with E-state index in [9.17, 15) is 0 Å². The molecule has 4 nitrogen and oxygen atoms in total. The lowest BCUT2D eigenvalue weighted by Gasteiger charge is -2.34. The summed E-state index contributed by atoms with van der Waals surface area (Å²) in [5.41, 5.74) is 15.0. The zero-order chi connectivity index (χ0) is 41.8. The molecule has 0 saturated carbocycles. The fourth-order valence-electron chi connectivity index (χ4n) is 10.3. The first-order valence-corrected chi connectivity index (χ1v) is 21.6. The maximum Gasteiger partial charge on any atom is 0.159 e. The molecule has 4 heteroatoms. The molecule has 0 bridgehead atoms. The van der Waals surface area contributed by atoms with Crippen molar-refractivity contribution in [3.8, 4) is 0 Å². The Morgan fingerprint density at radius 2 is 0.790 bits per heavy atom. The van der Waals surface area contributed by atoms with E-state index in [2.05, 4.69) is 214 Å². The first kappa shape index (κ1) is 36.3. The van der Waals surface area contributed by atoms with E-state index in [1.165, 1.54) is 49.0 Å². The number of benzene rings is 10. The topological polar surface area (TPSA) is 32.8 Å². The fraction of sp³-hybridized carbons (Fsp3) is 0.103. The number of hydrogen-bond acceptors (Lipinski definition) is 4. The molecule has 0 aliphatic heterocycles. The summed E-state index contributed by atoms with van der Waals surface area (Å²) in [6.45, 7) is 11.0. The van der Waals surface area contributed by atoms with Crippen molar-refractivity contribution >= 4 is 105 Å². The summed E-state index contributed by atoms with van der Waals surface area (Å²) >= 11 is 0. The first-order valence-electron chi connectivity index (χ1n) is 21.6. The van der Waals surface area contributed by atoms with E-state index in [0.717, 1.165) is 83.4 Å². The highest BCUT2D eigenvalue weighted by molar-refractivity contribution is 6.27. The van der Waals surface area contributed by atoms with E-state index < -0.39 is 0 Å². The van der Waals surface area contributed by atoms with E-state index in [1.807, 2.05) is 0 Å². The molecule has 0 aliphatic rings. The SMILES string of the molecule is Cc1ccccc1N(c1ccc2ccc3c(C(C)N(c4ccccc4C)c4cccc5c4oc4c(C)cccc45)ccc4ccc1c2c43)c1cccc2c1oc1c(C)cccc12. The molecule has 0 N–H and O–H groups in total. The standard InChI is InChI=1S/C58H44N2O2/c1-34-14-6-8-22-48(34)59(51-24-12-20-45-43-18-10-16-36(3)55(43)61-57(45)51)38(5)41-30-26-39-28-32-47-50(33-29-40-27-31-42(41)53(39)54(40)47)60(49-23-9-7-15-35(49)2)52-25-13-21-46-44-19-11-17-37(4)56(44)62-58(46)52/h6-33,38H,1-5H3. The molecule has 1 unspecified atom stereocenters. The first-order chi connectivity index (χ1) is 30.4. The number of anilines is 5. The number of fused-ring (bicyclic) bond motifs is 6. The second kappa shape index (κ2) is 13.7. The van der Waals surface area contributed by atoms with Crippen LogP contribution in [-0.2, 0) is 0 Å². The molecule has 0 radical (unpaired) electrons. The maximum atomic E-state index is 6.85. The molecular formula is C58H44N2O2. The van der Waals surface area contributed by atoms with Gasteiger partial charge in [0, 0.05) is 38.3 Å². The molecule has 0 amide bonds. The Morgan fingerprint density at radius 3 is 1.42 bits per heavy atom. The van der Waals surface area contributed by atoms with Crippen LogP contribution in [0, 0.1) is 27.7 Å². The van der Waals surface area contributed by atoms with Gasteiger partial charge in [-0.15, -0.1) is 0 Å². The monoisotopic (exact) mass is 800 g/mol. The van der Waals surface area contributed by atoms with Gasteiger partial charge in [0.05, 0.1) is 23.1 Å². The number of furan rings is 2. The van der Waals surface area contributed by atoms with E-state index in [0.29, 0.717) is 0 Å². The van der Waals surface area contributed by atoms with Crippen molar-refractivity contribution in [2.75, 3.05) is 9.80 Å². The number of para-hydroxylation sites is 6. The van der Waals surface area contributed by atoms with E-state index in [1.54, 1.807) is 0 Å². The molecule has 62 heavy (non-hydrogen) atoms. The van der Waals surface area contributed by atoms with Crippen LogP contribution in [0.2, 0.25) is 0 Å². The van der Waals surface area contributed by atoms with Crippen molar-refractivity contribution in [2.45, 2.75) is 40.7 Å². The third kappa shape index (κ3) is 5.26. The van der Waals surface area contributed by atoms with Gasteiger partial charge in [-0.1, -0.05) is 140 Å². The Kier molecular flexibility index (Phi) is 8.04. The summed E-state index contributed by atoms with van der Waals surface area (Å²) in [4.78, 5) is 4.91. The van der Waals surface area contributed by atoms with Gasteiger partial charge in [-0.3, -0.25) is 0 Å². The Bertz CT molecular complexity index is 3740. The molecule has 0 fully saturated rings. The van der Waals surface area contributed by atoms with Gasteiger partial charge in [-0.2, -0.15) is 0 Å². The van der Waals surface area contributed by atoms with Crippen LogP contribution >= 0.6 is 0 Å². The Hall–Kier alpha value is -7.56. The van der Waals surface area contributed by atoms with Crippen LogP contribution in [-0.4, -0.2) is 0 Å². The average molecular weight is 801 g/mol. The minimum Gasteiger partial charge on any atom is -0.454 e. The lowest BCUT2D eigenvalue weighted by atomic mass is 9.88. The van der Waals surface area contributed by atoms with Crippen LogP contribution in [0.25, 0.3) is 76.2 Å². The zero-order valence-corrected chi connectivity index (χ0v) is 35.5. The van der Waals surface area contributed by atoms with Crippen molar-refractivity contribution in [1.29, 1.82) is 0 Å². The van der Waals surface area contributed by atoms with Gasteiger partial charge in [0.15, 0.2) is 11.2 Å². The zero-order valence-electron chi connectivity index (χ0n) is 35.5. The molecular weight excluding hydrogens is 757 g/mol. The highest BCUT2D eigenvalue weighted by Crippen LogP contribution is 2.50. The molecule has 298 valence electrons. The van der Waals surface area contributed by atoms with E-state index >= 15 is 0 Å². The predicted octanol–water partition coefficient (Wildman–Crippen LogP) is 17.0. The Balaban J connectivity index is 1.10. The maximum absolute atomic E-state index is 6.85. The predicted molar refractivity (Wildman–Crippen MR) is 262 cm³/mol. The van der Waals surface area contributed by atoms with Gasteiger partial charge >= 0.3 is 0 Å². The second-order valence-corrected chi connectivity index (χ2v) is 17.0. The molecule has 0 saturated heterocycles. The van der Waals surface area contributed by atoms with Crippen molar-refractivity contribution in [2.24, 2.45) is 0 Å². The van der Waals surface area contributed by atoms with Gasteiger partial charge in [-0.25, -0.2) is 0 Å². The van der Waals surface area contributed by atoms with Crippen LogP contribution in [0.5, 0.6) is 0 Å². The van der Waals surface area contributed by atoms with Crippen LogP contribution in [0.3, 0.4) is 0 Å². The van der Waals surface area contributed by atoms with Crippen molar-refractivity contribution in [3.05, 3.63) is 198 Å². The minimum absolute atomic E-state index is 0.0577. The van der Waals surface area contributed by atoms with Crippen molar-refractivity contribution < 1.29 is 8.83 Å². The largest absolute Gasteiger partial charge is 0.454 e. The minimum atomic E-state index is -0.0577. The molecule has 12 aromatic rings. The van der Waals surface area contributed by atoms with Gasteiger partial charge in [-0.05, 0) is 120 Å². The van der Waals surface area contributed by atoms with Crippen LogP contribution in [0.1, 0.15) is 40.8 Å². The fourth-order valence-corrected chi connectivity index (χ4v) is 10.3. The molecule has 12 rings (SSSR count). The number of nitrogens with zero attached hydrogens (tertiary/aromatic N) is 2. The van der Waals surface area contributed by atoms with Gasteiger partial charge in [0.25, 0.3) is 0 Å². The lowest BCUT2D eigenvalue weighted by molar-refractivity contribution is 0.660. The Labute approximate surface area is 360 Å². The summed E-state index contributed by atoms with van der Waals surface area (Å²) in [6, 6.07) is 61.8. The summed E-state index contributed by atoms with van der Waals surface area (Å²) < 4.78 is 13.7. The Morgan fingerprint density at radius 1 is 0.339 bits per heavy atom. The molecule has 2 aromatic heterocycles. The molecule has 10 aromatic carbocycles. The summed E-state index contributed by atoms with van der Waals surface area (Å²) in [5.74, 6) is 0. The summed E-state index contributed by atoms with van der Waals surface area (Å²) in [5, 5.41) is 11.9. The van der Waals surface area contributed by atoms with Gasteiger partial charge in [0.1, 0.15) is 11.2 Å². The van der Waals surface area contributed by atoms with Crippen LogP contribution in [0.4, 0.5) is 28.4 Å². The number of rotatable bonds is 7. The molecule has 0 aliphatic carbocycles. The highest BCUT2D eigenvalue weighted by Gasteiger charge is 2.28. The normalized spacial score (nSPS) is 12.5. The smallest absolute Gasteiger partial charge is 0.159 e. The highest BCUT2D eigenvalue weighted by atomic mass is 16.3. The third-order valence-electron chi connectivity index (χ3n) is 13.4. The lowest BCUT2D eigenvalue weighted by Crippen LogP contribution is -2.22. The van der Waals surface area contributed by atoms with Gasteiger partial charge in [0.2, 0.25) is 0 Å². The third-order valence-corrected chi connectivity index (χ3v) is 13.4. The van der Waals surface area contributed by atoms with E-state index in [-0.39, 0.29) is 6.04 Å². The second-order valence-electron chi connectivity index (χ2n) is 17.0. The summed E-state index contributed by atoms with van der Waals surface area (Å²) in [7, 11) is 0. The van der Waals surface area contributed by atoms with Crippen LogP contribution in [0.15, 0.2) is 179 Å². The molecule has 1 atom stereocenters. The number of hydrogen-bond donors (Lipinski definition) is 0. The molecule has 2 heterocycles. The number of aryl methyl sites for hydroxylation is 4. The van der Waals surface area contributed by atoms with Crippen LogP contribution < -0.4 is 9.80 Å². The summed E-state index contributed by atoms with van der Waals surface area (Å²) in [6.07, 6.45) is 0. The molecule has 0 spiro atoms. The van der Waals surface area contributed by atoms with Crippen molar-refractivity contribution in [1.82, 2.24) is 0 Å².